The fraction of sp³-hybridized carbons (Fsp3) is 0.211. The molecule has 7 nitrogen and oxygen atoms in total. The number of nitrogens with one attached hydrogen (secondary N) is 1. The molecule has 0 saturated carbocycles. The number of halogens is 2. The number of thioether (sulfide) groups is 1. The fourth-order valence-electron chi connectivity index (χ4n) is 2.47. The van der Waals surface area contributed by atoms with Crippen LogP contribution in [0.2, 0.25) is 10.0 Å². The zero-order valence-corrected chi connectivity index (χ0v) is 18.0. The summed E-state index contributed by atoms with van der Waals surface area (Å²) in [7, 11) is 3.42. The summed E-state index contributed by atoms with van der Waals surface area (Å²) in [5.74, 6) is 0.507. The first-order valence-corrected chi connectivity index (χ1v) is 10.3. The Kier molecular flexibility index (Phi) is 6.89. The summed E-state index contributed by atoms with van der Waals surface area (Å²) in [6, 6.07) is 8.24. The summed E-state index contributed by atoms with van der Waals surface area (Å²) in [5, 5.41) is 4.11. The first-order chi connectivity index (χ1) is 13.8. The number of anilines is 1. The van der Waals surface area contributed by atoms with Crippen LogP contribution in [0, 0.1) is 0 Å². The number of nitrogens with zero attached hydrogens (tertiary/aromatic N) is 3. The molecule has 0 aliphatic carbocycles. The summed E-state index contributed by atoms with van der Waals surface area (Å²) in [6.45, 7) is -0.182. The van der Waals surface area contributed by atoms with Crippen molar-refractivity contribution in [1.82, 2.24) is 14.5 Å². The number of hydrogen-bond acceptors (Lipinski definition) is 5. The van der Waals surface area contributed by atoms with Gasteiger partial charge in [0.05, 0.1) is 28.0 Å². The molecule has 1 N–H and O–H groups in total. The summed E-state index contributed by atoms with van der Waals surface area (Å²) >= 11 is 13.6. The van der Waals surface area contributed by atoms with Crippen LogP contribution < -0.4 is 5.32 Å². The highest BCUT2D eigenvalue weighted by atomic mass is 35.5. The smallest absolute Gasteiger partial charge is 0.289 e. The molecule has 0 aliphatic rings. The predicted octanol–water partition coefficient (Wildman–Crippen LogP) is 4.32. The van der Waals surface area contributed by atoms with Gasteiger partial charge in [0.1, 0.15) is 5.76 Å². The van der Waals surface area contributed by atoms with Crippen molar-refractivity contribution < 1.29 is 14.0 Å². The van der Waals surface area contributed by atoms with Crippen molar-refractivity contribution in [3.63, 3.8) is 0 Å². The molecule has 2 amide bonds. The van der Waals surface area contributed by atoms with Crippen molar-refractivity contribution in [2.75, 3.05) is 18.9 Å². The average molecular weight is 453 g/mol. The molecule has 1 aromatic carbocycles. The van der Waals surface area contributed by atoms with E-state index in [1.807, 2.05) is 17.8 Å². The molecule has 10 heteroatoms. The Hall–Kier alpha value is -2.42. The molecule has 2 heterocycles. The minimum Gasteiger partial charge on any atom is -0.455 e. The first-order valence-electron chi connectivity index (χ1n) is 8.53. The van der Waals surface area contributed by atoms with Gasteiger partial charge in [0.25, 0.3) is 5.91 Å². The van der Waals surface area contributed by atoms with Crippen LogP contribution in [0.1, 0.15) is 16.3 Å². The third-order valence-corrected chi connectivity index (χ3v) is 5.66. The molecule has 0 bridgehead atoms. The molecular formula is C19H18Cl2N4O3S. The Morgan fingerprint density at radius 1 is 1.24 bits per heavy atom. The molecule has 0 atom stereocenters. The zero-order chi connectivity index (χ0) is 21.0. The van der Waals surface area contributed by atoms with Crippen LogP contribution in [-0.4, -0.2) is 39.9 Å². The minimum atomic E-state index is -0.423. The van der Waals surface area contributed by atoms with E-state index in [2.05, 4.69) is 10.3 Å². The minimum absolute atomic E-state index is 0.159. The van der Waals surface area contributed by atoms with Gasteiger partial charge in [0.2, 0.25) is 5.91 Å². The number of rotatable bonds is 7. The van der Waals surface area contributed by atoms with E-state index in [4.69, 9.17) is 27.6 Å². The van der Waals surface area contributed by atoms with Crippen LogP contribution in [0.4, 0.5) is 5.69 Å². The number of hydrogen-bond donors (Lipinski definition) is 1. The Morgan fingerprint density at radius 2 is 1.97 bits per heavy atom. The highest BCUT2D eigenvalue weighted by molar-refractivity contribution is 7.98. The number of carbonyl (C=O) groups is 2. The van der Waals surface area contributed by atoms with Gasteiger partial charge < -0.3 is 19.2 Å². The van der Waals surface area contributed by atoms with Gasteiger partial charge in [-0.1, -0.05) is 41.0 Å². The molecule has 3 aromatic rings. The van der Waals surface area contributed by atoms with Gasteiger partial charge in [-0.2, -0.15) is 0 Å². The predicted molar refractivity (Wildman–Crippen MR) is 114 cm³/mol. The number of para-hydroxylation sites is 1. The third kappa shape index (κ3) is 5.35. The summed E-state index contributed by atoms with van der Waals surface area (Å²) in [6.07, 6.45) is 3.57. The van der Waals surface area contributed by atoms with E-state index in [-0.39, 0.29) is 12.3 Å². The van der Waals surface area contributed by atoms with Gasteiger partial charge in [0.15, 0.2) is 10.9 Å². The summed E-state index contributed by atoms with van der Waals surface area (Å²) in [4.78, 5) is 30.3. The lowest BCUT2D eigenvalue weighted by molar-refractivity contribution is -0.116. The van der Waals surface area contributed by atoms with Crippen molar-refractivity contribution in [1.29, 1.82) is 0 Å². The number of furan rings is 1. The first kappa shape index (κ1) is 21.3. The van der Waals surface area contributed by atoms with Crippen molar-refractivity contribution in [2.45, 2.75) is 10.9 Å². The molecule has 0 unspecified atom stereocenters. The number of amides is 2. The number of benzene rings is 1. The molecule has 0 aliphatic heterocycles. The number of aryl methyl sites for hydroxylation is 1. The molecular weight excluding hydrogens is 435 g/mol. The van der Waals surface area contributed by atoms with Crippen molar-refractivity contribution in [2.24, 2.45) is 7.05 Å². The average Bonchev–Trinajstić information content (AvgIpc) is 3.31. The highest BCUT2D eigenvalue weighted by Crippen LogP contribution is 2.29. The normalized spacial score (nSPS) is 10.8. The van der Waals surface area contributed by atoms with Crippen LogP contribution in [0.5, 0.6) is 0 Å². The van der Waals surface area contributed by atoms with Crippen LogP contribution in [0.3, 0.4) is 0 Å². The topological polar surface area (TPSA) is 80.4 Å². The maximum absolute atomic E-state index is 12.5. The Bertz CT molecular complexity index is 1010. The number of carbonyl (C=O) groups excluding carboxylic acids is 2. The van der Waals surface area contributed by atoms with E-state index < -0.39 is 11.8 Å². The maximum atomic E-state index is 12.5. The van der Waals surface area contributed by atoms with E-state index in [0.717, 1.165) is 5.16 Å². The monoisotopic (exact) mass is 452 g/mol. The lowest BCUT2D eigenvalue weighted by atomic mass is 10.3. The molecule has 0 saturated heterocycles. The van der Waals surface area contributed by atoms with Gasteiger partial charge in [-0.3, -0.25) is 9.59 Å². The van der Waals surface area contributed by atoms with Crippen molar-refractivity contribution in [3.8, 4) is 0 Å². The number of aromatic nitrogens is 2. The third-order valence-electron chi connectivity index (χ3n) is 3.95. The highest BCUT2D eigenvalue weighted by Gasteiger charge is 2.19. The van der Waals surface area contributed by atoms with Crippen LogP contribution in [0.25, 0.3) is 0 Å². The van der Waals surface area contributed by atoms with Gasteiger partial charge in [0, 0.05) is 26.5 Å². The molecule has 0 spiro atoms. The molecule has 29 heavy (non-hydrogen) atoms. The molecule has 3 rings (SSSR count). The van der Waals surface area contributed by atoms with Gasteiger partial charge >= 0.3 is 0 Å². The molecule has 0 fully saturated rings. The largest absolute Gasteiger partial charge is 0.455 e. The number of likely N-dealkylation sites (N-methyl/N-ethyl adjacent to an activating group) is 1. The second-order valence-corrected chi connectivity index (χ2v) is 7.94. The van der Waals surface area contributed by atoms with Gasteiger partial charge in [-0.25, -0.2) is 4.98 Å². The van der Waals surface area contributed by atoms with E-state index in [1.165, 1.54) is 23.7 Å². The van der Waals surface area contributed by atoms with Crippen LogP contribution in [0.15, 0.2) is 52.3 Å². The molecule has 0 radical (unpaired) electrons. The maximum Gasteiger partial charge on any atom is 0.289 e. The van der Waals surface area contributed by atoms with E-state index in [0.29, 0.717) is 27.2 Å². The lowest BCUT2D eigenvalue weighted by Gasteiger charge is -2.16. The lowest BCUT2D eigenvalue weighted by Crippen LogP contribution is -2.34. The Balaban J connectivity index is 1.56. The van der Waals surface area contributed by atoms with Crippen LogP contribution >= 0.6 is 35.0 Å². The number of imidazole rings is 1. The fourth-order valence-corrected chi connectivity index (χ4v) is 3.79. The molecule has 152 valence electrons. The summed E-state index contributed by atoms with van der Waals surface area (Å²) in [5.41, 5.74) is 0.313. The molecule has 2 aromatic heterocycles. The Labute approximate surface area is 182 Å². The Morgan fingerprint density at radius 3 is 2.62 bits per heavy atom. The van der Waals surface area contributed by atoms with Gasteiger partial charge in [-0.15, -0.1) is 0 Å². The SMILES string of the molecule is CN(CC(=O)Nc1c(Cl)cccc1Cl)C(=O)c1ccc(CSc2nccn2C)o1. The van der Waals surface area contributed by atoms with E-state index in [9.17, 15) is 9.59 Å². The second kappa shape index (κ2) is 9.39. The summed E-state index contributed by atoms with van der Waals surface area (Å²) < 4.78 is 7.52. The second-order valence-electron chi connectivity index (χ2n) is 6.18. The van der Waals surface area contributed by atoms with Crippen molar-refractivity contribution >= 4 is 52.5 Å². The van der Waals surface area contributed by atoms with Crippen LogP contribution in [-0.2, 0) is 17.6 Å². The zero-order valence-electron chi connectivity index (χ0n) is 15.7. The van der Waals surface area contributed by atoms with Crippen molar-refractivity contribution in [3.05, 3.63) is 64.3 Å². The standard InChI is InChI=1S/C19H18Cl2N4O3S/c1-24-9-8-22-19(24)29-11-12-6-7-15(28-12)18(27)25(2)10-16(26)23-17-13(20)4-3-5-14(17)21/h3-9H,10-11H2,1-2H3,(H,23,26). The van der Waals surface area contributed by atoms with Gasteiger partial charge in [-0.05, 0) is 24.3 Å². The quantitative estimate of drug-likeness (QED) is 0.539. The van der Waals surface area contributed by atoms with E-state index in [1.54, 1.807) is 36.5 Å². The van der Waals surface area contributed by atoms with E-state index >= 15 is 0 Å².